The van der Waals surface area contributed by atoms with Crippen molar-refractivity contribution in [3.63, 3.8) is 0 Å². The van der Waals surface area contributed by atoms with Gasteiger partial charge in [-0.2, -0.15) is 0 Å². The van der Waals surface area contributed by atoms with Crippen molar-refractivity contribution in [3.05, 3.63) is 0 Å². The van der Waals surface area contributed by atoms with E-state index in [-0.39, 0.29) is 0 Å². The van der Waals surface area contributed by atoms with Gasteiger partial charge in [0.25, 0.3) is 0 Å². The van der Waals surface area contributed by atoms with E-state index in [4.69, 9.17) is 0 Å². The van der Waals surface area contributed by atoms with Gasteiger partial charge in [-0.3, -0.25) is 0 Å². The summed E-state index contributed by atoms with van der Waals surface area (Å²) in [5, 5.41) is 0. The molecule has 0 aromatic carbocycles. The molecule has 3 heteroatoms. The van der Waals surface area contributed by atoms with Gasteiger partial charge in [0, 0.05) is 0 Å². The van der Waals surface area contributed by atoms with E-state index < -0.39 is 9.84 Å². The molecule has 1 aliphatic rings. The molecule has 0 aromatic rings. The second kappa shape index (κ2) is 3.60. The highest BCUT2D eigenvalue weighted by Crippen LogP contribution is 2.35. The van der Waals surface area contributed by atoms with Crippen molar-refractivity contribution < 1.29 is 8.42 Å². The fourth-order valence-electron chi connectivity index (χ4n) is 2.28. The number of rotatable bonds is 2. The van der Waals surface area contributed by atoms with Crippen LogP contribution in [0.15, 0.2) is 0 Å². The minimum absolute atomic E-state index is 0.380. The summed E-state index contributed by atoms with van der Waals surface area (Å²) >= 11 is 0. The van der Waals surface area contributed by atoms with Crippen LogP contribution in [0.25, 0.3) is 0 Å². The monoisotopic (exact) mass is 204 g/mol. The summed E-state index contributed by atoms with van der Waals surface area (Å²) in [4.78, 5) is 0. The highest BCUT2D eigenvalue weighted by Gasteiger charge is 2.40. The molecule has 0 N–H and O–H groups in total. The predicted molar refractivity (Wildman–Crippen MR) is 55.3 cm³/mol. The van der Waals surface area contributed by atoms with Gasteiger partial charge in [-0.1, -0.05) is 27.7 Å². The van der Waals surface area contributed by atoms with Crippen LogP contribution in [0.5, 0.6) is 0 Å². The molecule has 0 saturated carbocycles. The second-order valence-corrected chi connectivity index (χ2v) is 7.05. The fourth-order valence-corrected chi connectivity index (χ4v) is 4.85. The van der Waals surface area contributed by atoms with E-state index in [0.29, 0.717) is 35.2 Å². The van der Waals surface area contributed by atoms with Crippen LogP contribution < -0.4 is 0 Å². The number of hydrogen-bond donors (Lipinski definition) is 0. The van der Waals surface area contributed by atoms with Crippen molar-refractivity contribution >= 4 is 9.84 Å². The first-order chi connectivity index (χ1) is 5.83. The number of sulfone groups is 1. The van der Waals surface area contributed by atoms with E-state index in [1.54, 1.807) is 0 Å². The maximum Gasteiger partial charge on any atom is 0.150 e. The Morgan fingerprint density at radius 3 is 1.46 bits per heavy atom. The average molecular weight is 204 g/mol. The predicted octanol–water partition coefficient (Wildman–Crippen LogP) is 1.96. The molecule has 78 valence electrons. The van der Waals surface area contributed by atoms with Crippen molar-refractivity contribution in [2.75, 3.05) is 11.5 Å². The lowest BCUT2D eigenvalue weighted by molar-refractivity contribution is 0.257. The van der Waals surface area contributed by atoms with Crippen molar-refractivity contribution in [2.24, 2.45) is 23.7 Å². The molecule has 1 rings (SSSR count). The summed E-state index contributed by atoms with van der Waals surface area (Å²) in [6.07, 6.45) is 0. The molecule has 2 atom stereocenters. The minimum Gasteiger partial charge on any atom is -0.229 e. The van der Waals surface area contributed by atoms with E-state index in [0.717, 1.165) is 0 Å². The molecule has 0 radical (unpaired) electrons. The molecule has 1 saturated heterocycles. The first kappa shape index (κ1) is 11.0. The van der Waals surface area contributed by atoms with Crippen LogP contribution in [0.4, 0.5) is 0 Å². The molecule has 2 nitrogen and oxygen atoms in total. The van der Waals surface area contributed by atoms with Crippen LogP contribution >= 0.6 is 0 Å². The molecule has 0 amide bonds. The van der Waals surface area contributed by atoms with Crippen molar-refractivity contribution in [1.29, 1.82) is 0 Å². The highest BCUT2D eigenvalue weighted by atomic mass is 32.2. The van der Waals surface area contributed by atoms with Gasteiger partial charge >= 0.3 is 0 Å². The van der Waals surface area contributed by atoms with E-state index in [2.05, 4.69) is 27.7 Å². The quantitative estimate of drug-likeness (QED) is 0.689. The summed E-state index contributed by atoms with van der Waals surface area (Å²) in [6.45, 7) is 8.50. The van der Waals surface area contributed by atoms with Gasteiger partial charge in [0.2, 0.25) is 0 Å². The summed E-state index contributed by atoms with van der Waals surface area (Å²) in [7, 11) is -2.73. The van der Waals surface area contributed by atoms with Gasteiger partial charge in [-0.15, -0.1) is 0 Å². The Morgan fingerprint density at radius 2 is 1.23 bits per heavy atom. The third kappa shape index (κ3) is 2.46. The van der Waals surface area contributed by atoms with Crippen LogP contribution in [0, 0.1) is 23.7 Å². The van der Waals surface area contributed by atoms with E-state index in [1.165, 1.54) is 0 Å². The molecule has 0 aliphatic carbocycles. The molecule has 0 unspecified atom stereocenters. The van der Waals surface area contributed by atoms with Crippen LogP contribution in [0.1, 0.15) is 27.7 Å². The minimum atomic E-state index is -2.73. The second-order valence-electron chi connectivity index (χ2n) is 4.89. The summed E-state index contributed by atoms with van der Waals surface area (Å²) in [6, 6.07) is 0. The third-order valence-corrected chi connectivity index (χ3v) is 4.94. The largest absolute Gasteiger partial charge is 0.229 e. The Hall–Kier alpha value is -0.0500. The Kier molecular flexibility index (Phi) is 3.05. The highest BCUT2D eigenvalue weighted by molar-refractivity contribution is 7.91. The first-order valence-electron chi connectivity index (χ1n) is 5.04. The lowest BCUT2D eigenvalue weighted by Crippen LogP contribution is -2.22. The Balaban J connectivity index is 2.84. The maximum absolute atomic E-state index is 11.5. The molecule has 13 heavy (non-hydrogen) atoms. The molecule has 1 aliphatic heterocycles. The Morgan fingerprint density at radius 1 is 0.923 bits per heavy atom. The summed E-state index contributed by atoms with van der Waals surface area (Å²) in [5.74, 6) is 2.56. The van der Waals surface area contributed by atoms with Gasteiger partial charge in [0.1, 0.15) is 0 Å². The van der Waals surface area contributed by atoms with Crippen LogP contribution in [-0.2, 0) is 9.84 Å². The molecular weight excluding hydrogens is 184 g/mol. The van der Waals surface area contributed by atoms with Crippen LogP contribution in [-0.4, -0.2) is 19.9 Å². The normalized spacial score (nSPS) is 33.1. The summed E-state index contributed by atoms with van der Waals surface area (Å²) in [5.41, 5.74) is 0. The number of hydrogen-bond acceptors (Lipinski definition) is 2. The van der Waals surface area contributed by atoms with Gasteiger partial charge < -0.3 is 0 Å². The fraction of sp³-hybridized carbons (Fsp3) is 1.00. The lowest BCUT2D eigenvalue weighted by Gasteiger charge is -2.24. The molecular formula is C10H20O2S. The molecule has 0 spiro atoms. The maximum atomic E-state index is 11.5. The van der Waals surface area contributed by atoms with Crippen LogP contribution in [0.2, 0.25) is 0 Å². The Bertz CT molecular complexity index is 243. The van der Waals surface area contributed by atoms with E-state index >= 15 is 0 Å². The topological polar surface area (TPSA) is 34.1 Å². The van der Waals surface area contributed by atoms with Gasteiger partial charge in [-0.05, 0) is 23.7 Å². The first-order valence-corrected chi connectivity index (χ1v) is 6.86. The van der Waals surface area contributed by atoms with Gasteiger partial charge in [0.15, 0.2) is 9.84 Å². The zero-order chi connectivity index (χ0) is 10.2. The summed E-state index contributed by atoms with van der Waals surface area (Å²) < 4.78 is 22.9. The SMILES string of the molecule is CC(C)[C@H]1CS(=O)(=O)C[C@H]1C(C)C. The van der Waals surface area contributed by atoms with E-state index in [9.17, 15) is 8.42 Å². The molecule has 0 aromatic heterocycles. The standard InChI is InChI=1S/C10H20O2S/c1-7(2)9-5-13(11,12)6-10(9)8(3)4/h7-10H,5-6H2,1-4H3/t9-,10+. The average Bonchev–Trinajstić information content (AvgIpc) is 2.26. The van der Waals surface area contributed by atoms with Crippen molar-refractivity contribution in [1.82, 2.24) is 0 Å². The van der Waals surface area contributed by atoms with Crippen molar-refractivity contribution in [3.8, 4) is 0 Å². The molecule has 1 fully saturated rings. The smallest absolute Gasteiger partial charge is 0.150 e. The molecule has 0 bridgehead atoms. The van der Waals surface area contributed by atoms with Gasteiger partial charge in [-0.25, -0.2) is 8.42 Å². The van der Waals surface area contributed by atoms with Gasteiger partial charge in [0.05, 0.1) is 11.5 Å². The van der Waals surface area contributed by atoms with E-state index in [1.807, 2.05) is 0 Å². The zero-order valence-electron chi connectivity index (χ0n) is 8.95. The molecule has 1 heterocycles. The lowest BCUT2D eigenvalue weighted by atomic mass is 9.80. The van der Waals surface area contributed by atoms with Crippen molar-refractivity contribution in [2.45, 2.75) is 27.7 Å². The Labute approximate surface area is 81.6 Å². The zero-order valence-corrected chi connectivity index (χ0v) is 9.76. The third-order valence-electron chi connectivity index (χ3n) is 3.16. The van der Waals surface area contributed by atoms with Crippen LogP contribution in [0.3, 0.4) is 0 Å².